The zero-order valence-corrected chi connectivity index (χ0v) is 12.1. The van der Waals surface area contributed by atoms with E-state index < -0.39 is 18.1 Å². The second-order valence-corrected chi connectivity index (χ2v) is 5.76. The number of benzene rings is 1. The summed E-state index contributed by atoms with van der Waals surface area (Å²) in [5.74, 6) is -0.491. The molecule has 2 N–H and O–H groups in total. The summed E-state index contributed by atoms with van der Waals surface area (Å²) in [5, 5.41) is 1.52. The van der Waals surface area contributed by atoms with Gasteiger partial charge in [0.2, 0.25) is 5.91 Å². The number of carbonyl (C=O) groups excluding carboxylic acids is 1. The first-order valence-corrected chi connectivity index (χ1v) is 7.13. The van der Waals surface area contributed by atoms with Crippen LogP contribution in [-0.4, -0.2) is 34.5 Å². The van der Waals surface area contributed by atoms with Crippen LogP contribution in [0.1, 0.15) is 12.0 Å². The van der Waals surface area contributed by atoms with Crippen LogP contribution in [0.2, 0.25) is 5.02 Å². The molecule has 0 saturated carbocycles. The Morgan fingerprint density at radius 3 is 3.10 bits per heavy atom. The standard InChI is InChI=1S/C15H15ClFN3O/c16-11-4-9-2-1-3-19-14(9)10(5-11)7-20-8-12(17)6-13(20)15(18)21/h1-5,12-13H,6-8H2,(H2,18,21)/t12-,13+/m1/s1. The van der Waals surface area contributed by atoms with Gasteiger partial charge in [0.1, 0.15) is 6.17 Å². The highest BCUT2D eigenvalue weighted by Crippen LogP contribution is 2.27. The summed E-state index contributed by atoms with van der Waals surface area (Å²) in [6, 6.07) is 6.83. The maximum Gasteiger partial charge on any atom is 0.234 e. The summed E-state index contributed by atoms with van der Waals surface area (Å²) in [6.45, 7) is 0.608. The molecular weight excluding hydrogens is 293 g/mol. The minimum atomic E-state index is -1.03. The van der Waals surface area contributed by atoms with Gasteiger partial charge in [-0.3, -0.25) is 14.7 Å². The lowest BCUT2D eigenvalue weighted by atomic mass is 10.1. The van der Waals surface area contributed by atoms with Crippen molar-refractivity contribution in [3.8, 4) is 0 Å². The summed E-state index contributed by atoms with van der Waals surface area (Å²) in [5.41, 5.74) is 7.04. The monoisotopic (exact) mass is 307 g/mol. The Kier molecular flexibility index (Phi) is 3.78. The third-order valence-corrected chi connectivity index (χ3v) is 4.02. The highest BCUT2D eigenvalue weighted by atomic mass is 35.5. The Labute approximate surface area is 126 Å². The van der Waals surface area contributed by atoms with Gasteiger partial charge in [-0.05, 0) is 23.8 Å². The molecule has 0 bridgehead atoms. The van der Waals surface area contributed by atoms with Crippen molar-refractivity contribution < 1.29 is 9.18 Å². The fourth-order valence-corrected chi connectivity index (χ4v) is 3.13. The summed E-state index contributed by atoms with van der Waals surface area (Å²) in [6.07, 6.45) is 0.829. The molecule has 1 aromatic carbocycles. The number of pyridine rings is 1. The number of amides is 1. The van der Waals surface area contributed by atoms with E-state index in [1.54, 1.807) is 17.2 Å². The van der Waals surface area contributed by atoms with E-state index in [1.165, 1.54) is 0 Å². The lowest BCUT2D eigenvalue weighted by molar-refractivity contribution is -0.122. The van der Waals surface area contributed by atoms with Crippen molar-refractivity contribution in [1.82, 2.24) is 9.88 Å². The van der Waals surface area contributed by atoms with Gasteiger partial charge in [-0.15, -0.1) is 0 Å². The van der Waals surface area contributed by atoms with E-state index in [2.05, 4.69) is 4.98 Å². The van der Waals surface area contributed by atoms with Crippen LogP contribution in [0.25, 0.3) is 10.9 Å². The molecule has 2 aromatic rings. The molecule has 1 aromatic heterocycles. The molecule has 1 fully saturated rings. The number of carbonyl (C=O) groups is 1. The number of nitrogens with zero attached hydrogens (tertiary/aromatic N) is 2. The number of hydrogen-bond acceptors (Lipinski definition) is 3. The molecule has 0 radical (unpaired) electrons. The molecule has 0 aliphatic carbocycles. The first kappa shape index (κ1) is 14.2. The minimum absolute atomic E-state index is 0.154. The smallest absolute Gasteiger partial charge is 0.234 e. The summed E-state index contributed by atoms with van der Waals surface area (Å²) in [4.78, 5) is 17.6. The molecule has 0 spiro atoms. The van der Waals surface area contributed by atoms with Crippen molar-refractivity contribution in [2.75, 3.05) is 6.54 Å². The van der Waals surface area contributed by atoms with E-state index in [0.717, 1.165) is 16.5 Å². The van der Waals surface area contributed by atoms with Gasteiger partial charge in [0, 0.05) is 36.1 Å². The van der Waals surface area contributed by atoms with Crippen LogP contribution >= 0.6 is 11.6 Å². The van der Waals surface area contributed by atoms with Crippen LogP contribution < -0.4 is 5.73 Å². The fraction of sp³-hybridized carbons (Fsp3) is 0.333. The molecule has 1 saturated heterocycles. The summed E-state index contributed by atoms with van der Waals surface area (Å²) in [7, 11) is 0. The molecule has 1 amide bonds. The van der Waals surface area contributed by atoms with Crippen LogP contribution in [0.3, 0.4) is 0 Å². The molecule has 21 heavy (non-hydrogen) atoms. The van der Waals surface area contributed by atoms with Gasteiger partial charge in [0.25, 0.3) is 0 Å². The average Bonchev–Trinajstić information content (AvgIpc) is 2.79. The van der Waals surface area contributed by atoms with E-state index in [9.17, 15) is 9.18 Å². The molecule has 0 unspecified atom stereocenters. The molecule has 1 aliphatic rings. The van der Waals surface area contributed by atoms with Crippen molar-refractivity contribution in [2.24, 2.45) is 5.73 Å². The van der Waals surface area contributed by atoms with Gasteiger partial charge in [0.05, 0.1) is 11.6 Å². The summed E-state index contributed by atoms with van der Waals surface area (Å²) >= 11 is 6.12. The van der Waals surface area contributed by atoms with E-state index >= 15 is 0 Å². The number of alkyl halides is 1. The van der Waals surface area contributed by atoms with Gasteiger partial charge in [-0.2, -0.15) is 0 Å². The maximum absolute atomic E-state index is 13.6. The topological polar surface area (TPSA) is 59.2 Å². The number of rotatable bonds is 3. The molecule has 2 atom stereocenters. The third-order valence-electron chi connectivity index (χ3n) is 3.80. The fourth-order valence-electron chi connectivity index (χ4n) is 2.89. The normalized spacial score (nSPS) is 22.8. The van der Waals surface area contributed by atoms with Gasteiger partial charge >= 0.3 is 0 Å². The van der Waals surface area contributed by atoms with Gasteiger partial charge in [0.15, 0.2) is 0 Å². The quantitative estimate of drug-likeness (QED) is 0.946. The van der Waals surface area contributed by atoms with E-state index in [1.807, 2.05) is 18.2 Å². The molecule has 1 aliphatic heterocycles. The van der Waals surface area contributed by atoms with Crippen molar-refractivity contribution in [1.29, 1.82) is 0 Å². The zero-order chi connectivity index (χ0) is 15.0. The maximum atomic E-state index is 13.6. The third kappa shape index (κ3) is 2.84. The largest absolute Gasteiger partial charge is 0.368 e. The molecule has 4 nitrogen and oxygen atoms in total. The highest BCUT2D eigenvalue weighted by Gasteiger charge is 2.35. The van der Waals surface area contributed by atoms with Crippen LogP contribution in [0, 0.1) is 0 Å². The van der Waals surface area contributed by atoms with E-state index in [4.69, 9.17) is 17.3 Å². The van der Waals surface area contributed by atoms with Gasteiger partial charge in [-0.25, -0.2) is 4.39 Å². The van der Waals surface area contributed by atoms with Crippen LogP contribution in [0.15, 0.2) is 30.5 Å². The second-order valence-electron chi connectivity index (χ2n) is 5.32. The van der Waals surface area contributed by atoms with Crippen molar-refractivity contribution in [3.63, 3.8) is 0 Å². The number of fused-ring (bicyclic) bond motifs is 1. The number of hydrogen-bond donors (Lipinski definition) is 1. The molecular formula is C15H15ClFN3O. The molecule has 110 valence electrons. The lowest BCUT2D eigenvalue weighted by Gasteiger charge is -2.22. The first-order valence-electron chi connectivity index (χ1n) is 6.75. The Morgan fingerprint density at radius 2 is 2.33 bits per heavy atom. The highest BCUT2D eigenvalue weighted by molar-refractivity contribution is 6.31. The molecule has 3 rings (SSSR count). The van der Waals surface area contributed by atoms with Gasteiger partial charge < -0.3 is 5.73 Å². The predicted octanol–water partition coefficient (Wildman–Crippen LogP) is 2.29. The number of nitrogens with two attached hydrogens (primary N) is 1. The van der Waals surface area contributed by atoms with Crippen LogP contribution in [0.5, 0.6) is 0 Å². The Bertz CT molecular complexity index is 694. The second kappa shape index (κ2) is 5.58. The van der Waals surface area contributed by atoms with E-state index in [0.29, 0.717) is 11.6 Å². The number of likely N-dealkylation sites (tertiary alicyclic amines) is 1. The zero-order valence-electron chi connectivity index (χ0n) is 11.3. The predicted molar refractivity (Wildman–Crippen MR) is 79.7 cm³/mol. The average molecular weight is 308 g/mol. The number of primary amides is 1. The first-order chi connectivity index (χ1) is 10.0. The minimum Gasteiger partial charge on any atom is -0.368 e. The SMILES string of the molecule is NC(=O)[C@@H]1C[C@@H](F)CN1Cc1cc(Cl)cc2cccnc12. The van der Waals surface area contributed by atoms with Crippen molar-refractivity contribution in [2.45, 2.75) is 25.2 Å². The molecule has 2 heterocycles. The van der Waals surface area contributed by atoms with Crippen molar-refractivity contribution in [3.05, 3.63) is 41.0 Å². The van der Waals surface area contributed by atoms with Gasteiger partial charge in [-0.1, -0.05) is 17.7 Å². The Morgan fingerprint density at radius 1 is 1.52 bits per heavy atom. The Balaban J connectivity index is 1.96. The van der Waals surface area contributed by atoms with Crippen LogP contribution in [-0.2, 0) is 11.3 Å². The van der Waals surface area contributed by atoms with Crippen molar-refractivity contribution >= 4 is 28.4 Å². The lowest BCUT2D eigenvalue weighted by Crippen LogP contribution is -2.39. The Hall–Kier alpha value is -1.72. The summed E-state index contributed by atoms with van der Waals surface area (Å²) < 4.78 is 13.6. The van der Waals surface area contributed by atoms with Crippen LogP contribution in [0.4, 0.5) is 4.39 Å². The number of aromatic nitrogens is 1. The molecule has 6 heteroatoms. The van der Waals surface area contributed by atoms with E-state index in [-0.39, 0.29) is 13.0 Å². The number of halogens is 2.